The Morgan fingerprint density at radius 1 is 1.58 bits per heavy atom. The van der Waals surface area contributed by atoms with Crippen molar-refractivity contribution < 1.29 is 0 Å². The second-order valence-corrected chi connectivity index (χ2v) is 3.43. The van der Waals surface area contributed by atoms with Crippen LogP contribution in [0, 0.1) is 0 Å². The zero-order valence-corrected chi connectivity index (χ0v) is 8.23. The second-order valence-electron chi connectivity index (χ2n) is 2.58. The van der Waals surface area contributed by atoms with Crippen molar-refractivity contribution in [1.29, 1.82) is 0 Å². The Morgan fingerprint density at radius 3 is 2.92 bits per heavy atom. The van der Waals surface area contributed by atoms with Gasteiger partial charge in [-0.25, -0.2) is 0 Å². The van der Waals surface area contributed by atoms with Crippen LogP contribution in [0.2, 0.25) is 0 Å². The topological polar surface area (TPSA) is 58.9 Å². The normalized spacial score (nSPS) is 10.2. The largest absolute Gasteiger partial charge is 0.330 e. The second kappa shape index (κ2) is 4.42. The summed E-state index contributed by atoms with van der Waals surface area (Å²) in [6.45, 7) is 0.677. The standard InChI is InChI=1S/C8H11BrN2O/c9-7-4-6(2-1-3-10)5-11-8(7)12/h4-5H,1-3,10H2,(H,11,12). The van der Waals surface area contributed by atoms with Crippen molar-refractivity contribution in [2.75, 3.05) is 6.54 Å². The SMILES string of the molecule is NCCCc1c[nH]c(=O)c(Br)c1. The number of rotatable bonds is 3. The van der Waals surface area contributed by atoms with E-state index in [1.807, 2.05) is 6.07 Å². The van der Waals surface area contributed by atoms with Crippen LogP contribution in [-0.2, 0) is 6.42 Å². The third kappa shape index (κ3) is 2.46. The van der Waals surface area contributed by atoms with E-state index < -0.39 is 0 Å². The number of H-pyrrole nitrogens is 1. The third-order valence-electron chi connectivity index (χ3n) is 1.59. The number of hydrogen-bond acceptors (Lipinski definition) is 2. The van der Waals surface area contributed by atoms with Gasteiger partial charge in [-0.2, -0.15) is 0 Å². The summed E-state index contributed by atoms with van der Waals surface area (Å²) < 4.78 is 0.581. The van der Waals surface area contributed by atoms with Crippen LogP contribution in [0.1, 0.15) is 12.0 Å². The van der Waals surface area contributed by atoms with Gasteiger partial charge in [-0.1, -0.05) is 0 Å². The van der Waals surface area contributed by atoms with E-state index in [0.717, 1.165) is 18.4 Å². The number of aryl methyl sites for hydroxylation is 1. The molecule has 0 unspecified atom stereocenters. The molecule has 0 amide bonds. The van der Waals surface area contributed by atoms with Gasteiger partial charge in [0.15, 0.2) is 0 Å². The van der Waals surface area contributed by atoms with Crippen LogP contribution in [0.5, 0.6) is 0 Å². The maximum atomic E-state index is 10.9. The summed E-state index contributed by atoms with van der Waals surface area (Å²) in [6.07, 6.45) is 3.58. The molecule has 4 heteroatoms. The van der Waals surface area contributed by atoms with Gasteiger partial charge >= 0.3 is 0 Å². The Labute approximate surface area is 79.1 Å². The van der Waals surface area contributed by atoms with Crippen molar-refractivity contribution in [1.82, 2.24) is 4.98 Å². The molecule has 1 rings (SSSR count). The van der Waals surface area contributed by atoms with E-state index in [1.54, 1.807) is 6.20 Å². The van der Waals surface area contributed by atoms with Crippen molar-refractivity contribution >= 4 is 15.9 Å². The van der Waals surface area contributed by atoms with E-state index in [4.69, 9.17) is 5.73 Å². The average molecular weight is 231 g/mol. The Hall–Kier alpha value is -0.610. The predicted octanol–water partition coefficient (Wildman–Crippen LogP) is 1.03. The van der Waals surface area contributed by atoms with Crippen LogP contribution in [0.25, 0.3) is 0 Å². The number of nitrogens with two attached hydrogens (primary N) is 1. The molecule has 1 aromatic heterocycles. The van der Waals surface area contributed by atoms with Crippen LogP contribution >= 0.6 is 15.9 Å². The van der Waals surface area contributed by atoms with E-state index in [9.17, 15) is 4.79 Å². The zero-order chi connectivity index (χ0) is 8.97. The molecule has 0 aliphatic carbocycles. The predicted molar refractivity (Wildman–Crippen MR) is 52.1 cm³/mol. The molecule has 0 bridgehead atoms. The van der Waals surface area contributed by atoms with Gasteiger partial charge in [-0.05, 0) is 46.9 Å². The highest BCUT2D eigenvalue weighted by atomic mass is 79.9. The van der Waals surface area contributed by atoms with Gasteiger partial charge in [0.2, 0.25) is 0 Å². The molecule has 0 aromatic carbocycles. The molecule has 0 saturated carbocycles. The van der Waals surface area contributed by atoms with E-state index >= 15 is 0 Å². The lowest BCUT2D eigenvalue weighted by Gasteiger charge is -1.98. The fourth-order valence-corrected chi connectivity index (χ4v) is 1.36. The molecule has 0 saturated heterocycles. The van der Waals surface area contributed by atoms with Crippen molar-refractivity contribution in [3.05, 3.63) is 32.7 Å². The van der Waals surface area contributed by atoms with Gasteiger partial charge in [-0.3, -0.25) is 4.79 Å². The monoisotopic (exact) mass is 230 g/mol. The molecule has 0 atom stereocenters. The summed E-state index contributed by atoms with van der Waals surface area (Å²) in [7, 11) is 0. The molecular formula is C8H11BrN2O. The highest BCUT2D eigenvalue weighted by Crippen LogP contribution is 2.06. The van der Waals surface area contributed by atoms with Gasteiger partial charge in [0.05, 0.1) is 4.47 Å². The first-order valence-corrected chi connectivity index (χ1v) is 4.60. The minimum absolute atomic E-state index is 0.0912. The molecule has 1 aromatic rings. The molecule has 0 spiro atoms. The van der Waals surface area contributed by atoms with Crippen molar-refractivity contribution in [2.45, 2.75) is 12.8 Å². The number of halogens is 1. The summed E-state index contributed by atoms with van der Waals surface area (Å²) >= 11 is 3.16. The molecule has 66 valence electrons. The van der Waals surface area contributed by atoms with E-state index in [2.05, 4.69) is 20.9 Å². The fourth-order valence-electron chi connectivity index (χ4n) is 0.948. The smallest absolute Gasteiger partial charge is 0.262 e. The number of pyridine rings is 1. The minimum Gasteiger partial charge on any atom is -0.330 e. The van der Waals surface area contributed by atoms with Gasteiger partial charge in [0.1, 0.15) is 0 Å². The average Bonchev–Trinajstić information content (AvgIpc) is 2.07. The Kier molecular flexibility index (Phi) is 3.49. The Morgan fingerprint density at radius 2 is 2.33 bits per heavy atom. The van der Waals surface area contributed by atoms with E-state index in [0.29, 0.717) is 11.0 Å². The summed E-state index contributed by atoms with van der Waals surface area (Å²) in [5.74, 6) is 0. The highest BCUT2D eigenvalue weighted by Gasteiger charge is 1.96. The van der Waals surface area contributed by atoms with E-state index in [1.165, 1.54) is 0 Å². The first kappa shape index (κ1) is 9.48. The summed E-state index contributed by atoms with van der Waals surface area (Å²) in [6, 6.07) is 1.83. The number of nitrogens with one attached hydrogen (secondary N) is 1. The lowest BCUT2D eigenvalue weighted by Crippen LogP contribution is -2.07. The molecular weight excluding hydrogens is 220 g/mol. The lowest BCUT2D eigenvalue weighted by molar-refractivity contribution is 0.827. The molecule has 0 aliphatic rings. The Bertz CT molecular complexity index is 308. The Balaban J connectivity index is 2.75. The van der Waals surface area contributed by atoms with Crippen molar-refractivity contribution in [3.8, 4) is 0 Å². The zero-order valence-electron chi connectivity index (χ0n) is 6.64. The van der Waals surface area contributed by atoms with Gasteiger partial charge in [0.25, 0.3) is 5.56 Å². The van der Waals surface area contributed by atoms with Crippen LogP contribution < -0.4 is 11.3 Å². The van der Waals surface area contributed by atoms with Gasteiger partial charge < -0.3 is 10.7 Å². The van der Waals surface area contributed by atoms with Gasteiger partial charge in [0, 0.05) is 6.20 Å². The summed E-state index contributed by atoms with van der Waals surface area (Å²) in [5, 5.41) is 0. The highest BCUT2D eigenvalue weighted by molar-refractivity contribution is 9.10. The van der Waals surface area contributed by atoms with Crippen LogP contribution in [0.15, 0.2) is 21.5 Å². The summed E-state index contributed by atoms with van der Waals surface area (Å²) in [4.78, 5) is 13.6. The molecule has 12 heavy (non-hydrogen) atoms. The lowest BCUT2D eigenvalue weighted by atomic mass is 10.2. The molecule has 3 N–H and O–H groups in total. The molecule has 3 nitrogen and oxygen atoms in total. The number of aromatic amines is 1. The minimum atomic E-state index is -0.0912. The van der Waals surface area contributed by atoms with Crippen molar-refractivity contribution in [2.24, 2.45) is 5.73 Å². The third-order valence-corrected chi connectivity index (χ3v) is 2.18. The maximum Gasteiger partial charge on any atom is 0.262 e. The number of hydrogen-bond donors (Lipinski definition) is 2. The first-order valence-electron chi connectivity index (χ1n) is 3.81. The quantitative estimate of drug-likeness (QED) is 0.816. The number of aromatic nitrogens is 1. The van der Waals surface area contributed by atoms with Crippen LogP contribution in [0.3, 0.4) is 0 Å². The molecule has 0 radical (unpaired) electrons. The molecule has 0 fully saturated rings. The van der Waals surface area contributed by atoms with Crippen LogP contribution in [-0.4, -0.2) is 11.5 Å². The fraction of sp³-hybridized carbons (Fsp3) is 0.375. The summed E-state index contributed by atoms with van der Waals surface area (Å²) in [5.41, 5.74) is 6.37. The van der Waals surface area contributed by atoms with E-state index in [-0.39, 0.29) is 5.56 Å². The maximum absolute atomic E-state index is 10.9. The molecule has 0 aliphatic heterocycles. The van der Waals surface area contributed by atoms with Crippen LogP contribution in [0.4, 0.5) is 0 Å². The van der Waals surface area contributed by atoms with Crippen molar-refractivity contribution in [3.63, 3.8) is 0 Å². The molecule has 1 heterocycles. The first-order chi connectivity index (χ1) is 5.74. The van der Waals surface area contributed by atoms with Gasteiger partial charge in [-0.15, -0.1) is 0 Å².